The zero-order chi connectivity index (χ0) is 14.7. The number of benzene rings is 1. The maximum atomic E-state index is 4.50. The summed E-state index contributed by atoms with van der Waals surface area (Å²) in [6.07, 6.45) is 4.18. The molecule has 4 heteroatoms. The van der Waals surface area contributed by atoms with Gasteiger partial charge in [-0.15, -0.1) is 11.8 Å². The first-order valence-corrected chi connectivity index (χ1v) is 8.71. The van der Waals surface area contributed by atoms with Crippen molar-refractivity contribution >= 4 is 11.8 Å². The Hall–Kier alpha value is -1.26. The minimum absolute atomic E-state index is 0.362. The number of thioether (sulfide) groups is 1. The van der Waals surface area contributed by atoms with E-state index in [2.05, 4.69) is 59.3 Å². The molecule has 21 heavy (non-hydrogen) atoms. The Morgan fingerprint density at radius 1 is 1.33 bits per heavy atom. The maximum Gasteiger partial charge on any atom is 0.0619 e. The van der Waals surface area contributed by atoms with Crippen LogP contribution in [-0.2, 0) is 13.0 Å². The summed E-state index contributed by atoms with van der Waals surface area (Å²) in [4.78, 5) is 1.44. The van der Waals surface area contributed by atoms with Crippen LogP contribution in [0.1, 0.15) is 37.6 Å². The van der Waals surface area contributed by atoms with Crippen LogP contribution in [0.3, 0.4) is 0 Å². The fraction of sp³-hybridized carbons (Fsp3) is 0.471. The van der Waals surface area contributed by atoms with Gasteiger partial charge in [0.25, 0.3) is 0 Å². The zero-order valence-electron chi connectivity index (χ0n) is 12.7. The summed E-state index contributed by atoms with van der Waals surface area (Å²) in [5.74, 6) is 0. The van der Waals surface area contributed by atoms with Crippen LogP contribution < -0.4 is 5.32 Å². The second kappa shape index (κ2) is 6.67. The highest BCUT2D eigenvalue weighted by Gasteiger charge is 2.31. The third-order valence-corrected chi connectivity index (χ3v) is 5.37. The van der Waals surface area contributed by atoms with Crippen LogP contribution >= 0.6 is 11.8 Å². The number of fused-ring (bicyclic) bond motifs is 1. The van der Waals surface area contributed by atoms with Gasteiger partial charge in [-0.05, 0) is 37.1 Å². The number of aryl methyl sites for hydroxylation is 1. The lowest BCUT2D eigenvalue weighted by Crippen LogP contribution is -2.32. The standard InChI is InChI=1S/C17H23N3S/c1-3-11-20-14(9-10-19-20)17(18-4-2)16-12-13-7-5-6-8-15(13)21-16/h5-10,16-18H,3-4,11-12H2,1-2H3. The van der Waals surface area contributed by atoms with E-state index >= 15 is 0 Å². The van der Waals surface area contributed by atoms with Crippen molar-refractivity contribution in [2.45, 2.75) is 49.4 Å². The summed E-state index contributed by atoms with van der Waals surface area (Å²) < 4.78 is 2.16. The molecule has 1 aliphatic rings. The van der Waals surface area contributed by atoms with E-state index < -0.39 is 0 Å². The Morgan fingerprint density at radius 3 is 2.95 bits per heavy atom. The van der Waals surface area contributed by atoms with Gasteiger partial charge >= 0.3 is 0 Å². The lowest BCUT2D eigenvalue weighted by Gasteiger charge is -2.24. The highest BCUT2D eigenvalue weighted by Crippen LogP contribution is 2.42. The Labute approximate surface area is 131 Å². The second-order valence-corrected chi connectivity index (χ2v) is 6.76. The molecule has 0 bridgehead atoms. The Balaban J connectivity index is 1.84. The smallest absolute Gasteiger partial charge is 0.0619 e. The summed E-state index contributed by atoms with van der Waals surface area (Å²) in [7, 11) is 0. The number of hydrogen-bond donors (Lipinski definition) is 1. The average molecular weight is 301 g/mol. The molecule has 1 aromatic heterocycles. The predicted octanol–water partition coefficient (Wildman–Crippen LogP) is 3.66. The van der Waals surface area contributed by atoms with E-state index in [1.165, 1.54) is 16.2 Å². The van der Waals surface area contributed by atoms with Gasteiger partial charge in [0.05, 0.1) is 11.7 Å². The van der Waals surface area contributed by atoms with E-state index in [0.29, 0.717) is 11.3 Å². The van der Waals surface area contributed by atoms with Crippen molar-refractivity contribution in [1.82, 2.24) is 15.1 Å². The first-order valence-electron chi connectivity index (χ1n) is 7.83. The Morgan fingerprint density at radius 2 is 2.19 bits per heavy atom. The number of hydrogen-bond acceptors (Lipinski definition) is 3. The fourth-order valence-corrected chi connectivity index (χ4v) is 4.47. The van der Waals surface area contributed by atoms with Gasteiger partial charge in [0.15, 0.2) is 0 Å². The monoisotopic (exact) mass is 301 g/mol. The van der Waals surface area contributed by atoms with Crippen LogP contribution in [0.2, 0.25) is 0 Å². The highest BCUT2D eigenvalue weighted by atomic mass is 32.2. The van der Waals surface area contributed by atoms with Gasteiger partial charge in [-0.3, -0.25) is 4.68 Å². The summed E-state index contributed by atoms with van der Waals surface area (Å²) in [6.45, 7) is 6.36. The van der Waals surface area contributed by atoms with Gasteiger partial charge in [0.2, 0.25) is 0 Å². The molecule has 112 valence electrons. The molecular formula is C17H23N3S. The summed E-state index contributed by atoms with van der Waals surface area (Å²) in [5.41, 5.74) is 2.81. The number of aromatic nitrogens is 2. The minimum atomic E-state index is 0.362. The van der Waals surface area contributed by atoms with Crippen LogP contribution in [0.25, 0.3) is 0 Å². The Kier molecular flexibility index (Phi) is 4.66. The van der Waals surface area contributed by atoms with Crippen molar-refractivity contribution in [2.24, 2.45) is 0 Å². The summed E-state index contributed by atoms with van der Waals surface area (Å²) in [6, 6.07) is 11.3. The number of nitrogens with one attached hydrogen (secondary N) is 1. The maximum absolute atomic E-state index is 4.50. The lowest BCUT2D eigenvalue weighted by molar-refractivity contribution is 0.468. The molecule has 2 atom stereocenters. The average Bonchev–Trinajstić information content (AvgIpc) is 3.11. The highest BCUT2D eigenvalue weighted by molar-refractivity contribution is 8.00. The van der Waals surface area contributed by atoms with Crippen LogP contribution in [0, 0.1) is 0 Å². The number of rotatable bonds is 6. The quantitative estimate of drug-likeness (QED) is 0.883. The van der Waals surface area contributed by atoms with E-state index in [-0.39, 0.29) is 0 Å². The SMILES string of the molecule is CCCn1nccc1C(NCC)C1Cc2ccccc2S1. The fourth-order valence-electron chi connectivity index (χ4n) is 3.05. The number of nitrogens with zero attached hydrogens (tertiary/aromatic N) is 2. The van der Waals surface area contributed by atoms with Gasteiger partial charge in [0.1, 0.15) is 0 Å². The van der Waals surface area contributed by atoms with Crippen molar-refractivity contribution in [3.8, 4) is 0 Å². The second-order valence-electron chi connectivity index (χ2n) is 5.48. The van der Waals surface area contributed by atoms with Gasteiger partial charge in [0, 0.05) is 22.9 Å². The van der Waals surface area contributed by atoms with E-state index in [4.69, 9.17) is 0 Å². The van der Waals surface area contributed by atoms with Gasteiger partial charge in [-0.2, -0.15) is 5.10 Å². The van der Waals surface area contributed by atoms with Crippen LogP contribution in [0.15, 0.2) is 41.4 Å². The van der Waals surface area contributed by atoms with Gasteiger partial charge in [-0.1, -0.05) is 32.0 Å². The van der Waals surface area contributed by atoms with Crippen molar-refractivity contribution in [1.29, 1.82) is 0 Å². The molecule has 0 aliphatic carbocycles. The lowest BCUT2D eigenvalue weighted by atomic mass is 10.0. The van der Waals surface area contributed by atoms with Crippen molar-refractivity contribution in [2.75, 3.05) is 6.54 Å². The summed E-state index contributed by atoms with van der Waals surface area (Å²) >= 11 is 2.01. The van der Waals surface area contributed by atoms with Crippen molar-refractivity contribution < 1.29 is 0 Å². The molecule has 0 saturated heterocycles. The molecule has 0 amide bonds. The van der Waals surface area contributed by atoms with E-state index in [9.17, 15) is 0 Å². The molecule has 1 aliphatic heterocycles. The van der Waals surface area contributed by atoms with Crippen LogP contribution in [0.4, 0.5) is 0 Å². The molecule has 0 radical (unpaired) electrons. The first-order chi connectivity index (χ1) is 10.3. The molecule has 2 unspecified atom stereocenters. The third kappa shape index (κ3) is 3.01. The predicted molar refractivity (Wildman–Crippen MR) is 88.7 cm³/mol. The molecule has 2 aromatic rings. The molecule has 3 rings (SSSR count). The molecule has 1 aromatic carbocycles. The van der Waals surface area contributed by atoms with E-state index in [0.717, 1.165) is 25.9 Å². The minimum Gasteiger partial charge on any atom is -0.308 e. The molecule has 2 heterocycles. The van der Waals surface area contributed by atoms with Crippen molar-refractivity contribution in [3.05, 3.63) is 47.8 Å². The third-order valence-electron chi connectivity index (χ3n) is 3.97. The molecular weight excluding hydrogens is 278 g/mol. The van der Waals surface area contributed by atoms with Crippen LogP contribution in [0.5, 0.6) is 0 Å². The topological polar surface area (TPSA) is 29.9 Å². The summed E-state index contributed by atoms with van der Waals surface area (Å²) in [5, 5.41) is 8.73. The van der Waals surface area contributed by atoms with Crippen LogP contribution in [-0.4, -0.2) is 21.6 Å². The van der Waals surface area contributed by atoms with E-state index in [1.807, 2.05) is 18.0 Å². The molecule has 3 nitrogen and oxygen atoms in total. The normalized spacial score (nSPS) is 18.7. The van der Waals surface area contributed by atoms with E-state index in [1.54, 1.807) is 0 Å². The first kappa shape index (κ1) is 14.7. The molecule has 0 fully saturated rings. The molecule has 0 spiro atoms. The molecule has 1 N–H and O–H groups in total. The molecule has 0 saturated carbocycles. The van der Waals surface area contributed by atoms with Gasteiger partial charge < -0.3 is 5.32 Å². The zero-order valence-corrected chi connectivity index (χ0v) is 13.6. The van der Waals surface area contributed by atoms with Crippen molar-refractivity contribution in [3.63, 3.8) is 0 Å². The Bertz CT molecular complexity index is 568. The van der Waals surface area contributed by atoms with Gasteiger partial charge in [-0.25, -0.2) is 0 Å². The largest absolute Gasteiger partial charge is 0.308 e.